The zero-order valence-corrected chi connectivity index (χ0v) is 24.6. The third-order valence-electron chi connectivity index (χ3n) is 6.59. The summed E-state index contributed by atoms with van der Waals surface area (Å²) in [6, 6.07) is 0. The molecule has 5 nitrogen and oxygen atoms in total. The highest BCUT2D eigenvalue weighted by molar-refractivity contribution is 6.74. The number of hydrogen-bond donors (Lipinski definition) is 1. The second-order valence-electron chi connectivity index (χ2n) is 11.2. The first kappa shape index (κ1) is 32.5. The summed E-state index contributed by atoms with van der Waals surface area (Å²) >= 11 is 0. The maximum atomic E-state index is 12.9. The summed E-state index contributed by atoms with van der Waals surface area (Å²) in [5.41, 5.74) is 3.28. The highest BCUT2D eigenvalue weighted by atomic mass is 28.4. The van der Waals surface area contributed by atoms with Crippen molar-refractivity contribution in [3.63, 3.8) is 0 Å². The molecule has 2 atom stereocenters. The minimum atomic E-state index is -2.22. The van der Waals surface area contributed by atoms with Crippen LogP contribution in [0.2, 0.25) is 18.1 Å². The van der Waals surface area contributed by atoms with E-state index in [1.165, 1.54) is 18.1 Å². The van der Waals surface area contributed by atoms with Crippen molar-refractivity contribution in [1.82, 2.24) is 0 Å². The first-order chi connectivity index (χ1) is 15.5. The van der Waals surface area contributed by atoms with E-state index in [9.17, 15) is 14.7 Å². The van der Waals surface area contributed by atoms with Crippen LogP contribution in [0.4, 0.5) is 0 Å². The quantitative estimate of drug-likeness (QED) is 0.161. The Balaban J connectivity index is 5.03. The van der Waals surface area contributed by atoms with E-state index in [0.29, 0.717) is 6.61 Å². The van der Waals surface area contributed by atoms with Gasteiger partial charge in [0, 0.05) is 12.8 Å². The average Bonchev–Trinajstić information content (AvgIpc) is 2.69. The van der Waals surface area contributed by atoms with Crippen molar-refractivity contribution in [2.24, 2.45) is 5.92 Å². The Labute approximate surface area is 209 Å². The number of Topliss-reactive ketones (excluding diaryl/α,β-unsaturated/α-hetero) is 1. The number of rotatable bonds is 14. The summed E-state index contributed by atoms with van der Waals surface area (Å²) in [7, 11) is -2.22. The summed E-state index contributed by atoms with van der Waals surface area (Å²) in [6.07, 6.45) is 8.01. The SMILES string of the molecule is CC(=O)OC/C=C(\C)CC/C=C(\C)CC/C=C(\C)[C@@H](O)[C@@H](O[Si](C)(C)C(C)(C)C)C(=O)C(C)C. The lowest BCUT2D eigenvalue weighted by atomic mass is 9.95. The van der Waals surface area contributed by atoms with Crippen LogP contribution in [0.25, 0.3) is 0 Å². The van der Waals surface area contributed by atoms with Crippen LogP contribution in [-0.4, -0.2) is 44.0 Å². The van der Waals surface area contributed by atoms with Gasteiger partial charge in [0.2, 0.25) is 0 Å². The van der Waals surface area contributed by atoms with Crippen LogP contribution >= 0.6 is 0 Å². The van der Waals surface area contributed by atoms with E-state index >= 15 is 0 Å². The fourth-order valence-electron chi connectivity index (χ4n) is 3.04. The Hall–Kier alpha value is -1.50. The molecule has 0 aliphatic carbocycles. The lowest BCUT2D eigenvalue weighted by Gasteiger charge is -2.40. The maximum Gasteiger partial charge on any atom is 0.302 e. The predicted octanol–water partition coefficient (Wildman–Crippen LogP) is 6.93. The molecule has 0 spiro atoms. The molecule has 0 heterocycles. The van der Waals surface area contributed by atoms with Crippen LogP contribution < -0.4 is 0 Å². The molecule has 34 heavy (non-hydrogen) atoms. The molecule has 0 aromatic heterocycles. The minimum absolute atomic E-state index is 0.0433. The van der Waals surface area contributed by atoms with Gasteiger partial charge in [-0.05, 0) is 76.2 Å². The molecular formula is C28H50O5Si. The Kier molecular flexibility index (Phi) is 14.1. The van der Waals surface area contributed by atoms with Crippen LogP contribution in [0.5, 0.6) is 0 Å². The molecular weight excluding hydrogens is 444 g/mol. The van der Waals surface area contributed by atoms with Gasteiger partial charge in [0.05, 0.1) is 0 Å². The Morgan fingerprint density at radius 3 is 1.88 bits per heavy atom. The predicted molar refractivity (Wildman–Crippen MR) is 144 cm³/mol. The number of carbonyl (C=O) groups excluding carboxylic acids is 2. The van der Waals surface area contributed by atoms with Gasteiger partial charge in [-0.1, -0.05) is 57.9 Å². The number of ether oxygens (including phenoxy) is 1. The van der Waals surface area contributed by atoms with Crippen LogP contribution in [-0.2, 0) is 18.8 Å². The van der Waals surface area contributed by atoms with Crippen LogP contribution in [0.15, 0.2) is 34.9 Å². The molecule has 0 amide bonds. The van der Waals surface area contributed by atoms with E-state index in [-0.39, 0.29) is 22.7 Å². The van der Waals surface area contributed by atoms with Crippen molar-refractivity contribution in [1.29, 1.82) is 0 Å². The van der Waals surface area contributed by atoms with Gasteiger partial charge in [0.15, 0.2) is 14.1 Å². The molecule has 6 heteroatoms. The molecule has 0 aliphatic rings. The van der Waals surface area contributed by atoms with E-state index in [1.54, 1.807) is 0 Å². The minimum Gasteiger partial charge on any atom is -0.462 e. The van der Waals surface area contributed by atoms with Gasteiger partial charge in [-0.25, -0.2) is 0 Å². The number of hydrogen-bond acceptors (Lipinski definition) is 5. The topological polar surface area (TPSA) is 72.8 Å². The second kappa shape index (κ2) is 14.8. The first-order valence-corrected chi connectivity index (χ1v) is 15.4. The maximum absolute atomic E-state index is 12.9. The van der Waals surface area contributed by atoms with Crippen molar-refractivity contribution in [3.8, 4) is 0 Å². The fraction of sp³-hybridized carbons (Fsp3) is 0.714. The van der Waals surface area contributed by atoms with E-state index in [4.69, 9.17) is 9.16 Å². The van der Waals surface area contributed by atoms with Crippen molar-refractivity contribution < 1.29 is 23.9 Å². The second-order valence-corrected chi connectivity index (χ2v) is 16.0. The van der Waals surface area contributed by atoms with Crippen molar-refractivity contribution in [2.45, 2.75) is 118 Å². The number of aliphatic hydroxyl groups is 1. The Bertz CT molecular complexity index is 753. The average molecular weight is 495 g/mol. The first-order valence-electron chi connectivity index (χ1n) is 12.5. The molecule has 0 aromatic rings. The van der Waals surface area contributed by atoms with Crippen LogP contribution in [0.1, 0.15) is 88.0 Å². The van der Waals surface area contributed by atoms with E-state index < -0.39 is 20.5 Å². The molecule has 196 valence electrons. The number of aliphatic hydroxyl groups excluding tert-OH is 1. The summed E-state index contributed by atoms with van der Waals surface area (Å²) in [5, 5.41) is 11.0. The van der Waals surface area contributed by atoms with E-state index in [0.717, 1.165) is 31.3 Å². The molecule has 0 unspecified atom stereocenters. The third kappa shape index (κ3) is 12.3. The highest BCUT2D eigenvalue weighted by Gasteiger charge is 2.43. The molecule has 0 aromatic carbocycles. The lowest BCUT2D eigenvalue weighted by Crippen LogP contribution is -2.51. The molecule has 0 saturated heterocycles. The summed E-state index contributed by atoms with van der Waals surface area (Å²) in [6.45, 7) is 22.1. The molecule has 0 aliphatic heterocycles. The van der Waals surface area contributed by atoms with Gasteiger partial charge in [0.1, 0.15) is 18.8 Å². The van der Waals surface area contributed by atoms with Crippen molar-refractivity contribution in [2.75, 3.05) is 6.61 Å². The highest BCUT2D eigenvalue weighted by Crippen LogP contribution is 2.38. The van der Waals surface area contributed by atoms with E-state index in [2.05, 4.69) is 46.9 Å². The molecule has 0 bridgehead atoms. The molecule has 1 N–H and O–H groups in total. The van der Waals surface area contributed by atoms with Gasteiger partial charge in [0.25, 0.3) is 0 Å². The smallest absolute Gasteiger partial charge is 0.302 e. The zero-order valence-electron chi connectivity index (χ0n) is 23.6. The zero-order chi connectivity index (χ0) is 26.7. The van der Waals surface area contributed by atoms with Crippen molar-refractivity contribution >= 4 is 20.1 Å². The van der Waals surface area contributed by atoms with Crippen molar-refractivity contribution in [3.05, 3.63) is 34.9 Å². The molecule has 0 fully saturated rings. The fourth-order valence-corrected chi connectivity index (χ4v) is 4.27. The number of esters is 1. The van der Waals surface area contributed by atoms with Gasteiger partial charge >= 0.3 is 5.97 Å². The summed E-state index contributed by atoms with van der Waals surface area (Å²) in [4.78, 5) is 23.7. The molecule has 0 saturated carbocycles. The number of ketones is 1. The van der Waals surface area contributed by atoms with Crippen LogP contribution in [0.3, 0.4) is 0 Å². The van der Waals surface area contributed by atoms with Gasteiger partial charge in [-0.3, -0.25) is 9.59 Å². The third-order valence-corrected chi connectivity index (χ3v) is 11.0. The Morgan fingerprint density at radius 2 is 1.41 bits per heavy atom. The largest absolute Gasteiger partial charge is 0.462 e. The molecule has 0 rings (SSSR count). The van der Waals surface area contributed by atoms with Gasteiger partial charge in [-0.2, -0.15) is 0 Å². The monoisotopic (exact) mass is 494 g/mol. The summed E-state index contributed by atoms with van der Waals surface area (Å²) < 4.78 is 11.3. The lowest BCUT2D eigenvalue weighted by molar-refractivity contribution is -0.139. The number of carbonyl (C=O) groups is 2. The molecule has 0 radical (unpaired) electrons. The van der Waals surface area contributed by atoms with E-state index in [1.807, 2.05) is 39.8 Å². The van der Waals surface area contributed by atoms with Gasteiger partial charge in [-0.15, -0.1) is 0 Å². The van der Waals surface area contributed by atoms with Crippen LogP contribution in [0, 0.1) is 5.92 Å². The normalized spacial score (nSPS) is 16.0. The standard InChI is InChI=1S/C28H50O5Si/c1-20(2)25(30)27(33-34(10,11)28(7,8)9)26(31)23(5)17-13-16-21(3)14-12-15-22(4)18-19-32-24(6)29/h14,17-18,20,26-27,31H,12-13,15-16,19H2,1-11H3/b21-14+,22-18+,23-17+/t26-,27+/m1/s1. The van der Waals surface area contributed by atoms with Gasteiger partial charge < -0.3 is 14.3 Å². The summed E-state index contributed by atoms with van der Waals surface area (Å²) in [5.74, 6) is -0.507. The Morgan fingerprint density at radius 1 is 0.912 bits per heavy atom. The number of allylic oxidation sites excluding steroid dienone is 4.